The maximum atomic E-state index is 11.4. The lowest BCUT2D eigenvalue weighted by atomic mass is 9.95. The SMILES string of the molecule is CCN(CC)c1ccc(C(O)c2ccc(N(CC)CC)c(C)c2N(CC)CC)cc1. The van der Waals surface area contributed by atoms with Gasteiger partial charge in [0.2, 0.25) is 0 Å². The molecule has 4 heteroatoms. The third kappa shape index (κ3) is 4.92. The molecule has 1 atom stereocenters. The molecule has 1 unspecified atom stereocenters. The van der Waals surface area contributed by atoms with Crippen LogP contribution in [0.4, 0.5) is 17.1 Å². The fourth-order valence-electron chi connectivity index (χ4n) is 4.43. The van der Waals surface area contributed by atoms with Gasteiger partial charge in [-0.2, -0.15) is 0 Å². The number of rotatable bonds is 11. The molecule has 0 spiro atoms. The van der Waals surface area contributed by atoms with E-state index in [-0.39, 0.29) is 0 Å². The van der Waals surface area contributed by atoms with Crippen molar-refractivity contribution in [3.8, 4) is 0 Å². The van der Waals surface area contributed by atoms with Crippen LogP contribution in [0.2, 0.25) is 0 Å². The van der Waals surface area contributed by atoms with Crippen molar-refractivity contribution in [2.24, 2.45) is 0 Å². The third-order valence-corrected chi connectivity index (χ3v) is 6.25. The Bertz CT molecular complexity index is 776. The Labute approximate surface area is 184 Å². The molecule has 0 aromatic heterocycles. The van der Waals surface area contributed by atoms with Crippen molar-refractivity contribution in [2.75, 3.05) is 54.0 Å². The van der Waals surface area contributed by atoms with Gasteiger partial charge in [0.05, 0.1) is 0 Å². The maximum Gasteiger partial charge on any atom is 0.106 e. The molecule has 166 valence electrons. The normalized spacial score (nSPS) is 12.0. The summed E-state index contributed by atoms with van der Waals surface area (Å²) in [5.41, 5.74) is 6.81. The van der Waals surface area contributed by atoms with Gasteiger partial charge in [0.25, 0.3) is 0 Å². The van der Waals surface area contributed by atoms with Crippen molar-refractivity contribution in [1.82, 2.24) is 0 Å². The first-order valence-electron chi connectivity index (χ1n) is 11.6. The second-order valence-corrected chi connectivity index (χ2v) is 7.66. The Hall–Kier alpha value is -2.20. The van der Waals surface area contributed by atoms with E-state index in [4.69, 9.17) is 0 Å². The van der Waals surface area contributed by atoms with Gasteiger partial charge in [0, 0.05) is 61.9 Å². The highest BCUT2D eigenvalue weighted by atomic mass is 16.3. The molecule has 0 saturated carbocycles. The van der Waals surface area contributed by atoms with Gasteiger partial charge in [-0.15, -0.1) is 0 Å². The summed E-state index contributed by atoms with van der Waals surface area (Å²) in [4.78, 5) is 7.07. The molecule has 0 saturated heterocycles. The zero-order chi connectivity index (χ0) is 22.3. The number of anilines is 3. The molecule has 0 radical (unpaired) electrons. The van der Waals surface area contributed by atoms with E-state index < -0.39 is 6.10 Å². The molecule has 0 heterocycles. The predicted molar refractivity (Wildman–Crippen MR) is 132 cm³/mol. The van der Waals surface area contributed by atoms with E-state index in [1.54, 1.807) is 0 Å². The molecule has 0 aliphatic heterocycles. The molecular weight excluding hydrogens is 370 g/mol. The van der Waals surface area contributed by atoms with Crippen LogP contribution in [0.1, 0.15) is 64.3 Å². The number of hydrogen-bond acceptors (Lipinski definition) is 4. The van der Waals surface area contributed by atoms with Crippen LogP contribution in [-0.4, -0.2) is 44.4 Å². The fraction of sp³-hybridized carbons (Fsp3) is 0.538. The lowest BCUT2D eigenvalue weighted by Crippen LogP contribution is -2.28. The second kappa shape index (κ2) is 11.3. The summed E-state index contributed by atoms with van der Waals surface area (Å²) in [6.07, 6.45) is -0.643. The van der Waals surface area contributed by atoms with Crippen molar-refractivity contribution in [1.29, 1.82) is 0 Å². The van der Waals surface area contributed by atoms with E-state index >= 15 is 0 Å². The number of aliphatic hydroxyl groups excluding tert-OH is 1. The Balaban J connectivity index is 2.52. The van der Waals surface area contributed by atoms with Gasteiger partial charge < -0.3 is 19.8 Å². The third-order valence-electron chi connectivity index (χ3n) is 6.25. The summed E-state index contributed by atoms with van der Waals surface area (Å²) in [6.45, 7) is 21.0. The summed E-state index contributed by atoms with van der Waals surface area (Å²) in [6, 6.07) is 12.7. The molecule has 2 aromatic carbocycles. The monoisotopic (exact) mass is 411 g/mol. The summed E-state index contributed by atoms with van der Waals surface area (Å²) < 4.78 is 0. The Morgan fingerprint density at radius 2 is 1.17 bits per heavy atom. The molecule has 0 fully saturated rings. The van der Waals surface area contributed by atoms with E-state index in [2.05, 4.69) is 99.6 Å². The van der Waals surface area contributed by atoms with Gasteiger partial charge in [-0.05, 0) is 77.8 Å². The van der Waals surface area contributed by atoms with Crippen molar-refractivity contribution in [3.63, 3.8) is 0 Å². The number of benzene rings is 2. The topological polar surface area (TPSA) is 30.0 Å². The summed E-state index contributed by atoms with van der Waals surface area (Å²) in [5, 5.41) is 11.4. The first kappa shape index (κ1) is 24.1. The maximum absolute atomic E-state index is 11.4. The van der Waals surface area contributed by atoms with Crippen molar-refractivity contribution in [2.45, 2.75) is 54.6 Å². The van der Waals surface area contributed by atoms with E-state index in [1.165, 1.54) is 22.6 Å². The number of nitrogens with zero attached hydrogens (tertiary/aromatic N) is 3. The Morgan fingerprint density at radius 1 is 0.667 bits per heavy atom. The van der Waals surface area contributed by atoms with E-state index in [9.17, 15) is 5.11 Å². The van der Waals surface area contributed by atoms with Gasteiger partial charge in [0.15, 0.2) is 0 Å². The van der Waals surface area contributed by atoms with Crippen LogP contribution < -0.4 is 14.7 Å². The van der Waals surface area contributed by atoms with Crippen LogP contribution >= 0.6 is 0 Å². The quantitative estimate of drug-likeness (QED) is 0.520. The standard InChI is InChI=1S/C26H41N3O/c1-8-27(9-2)22-16-14-21(15-17-22)26(30)23-18-19-24(28(10-3)11-4)20(7)25(23)29(12-5)13-6/h14-19,26,30H,8-13H2,1-7H3. The summed E-state index contributed by atoms with van der Waals surface area (Å²) in [7, 11) is 0. The largest absolute Gasteiger partial charge is 0.384 e. The Kier molecular flexibility index (Phi) is 9.04. The summed E-state index contributed by atoms with van der Waals surface area (Å²) >= 11 is 0. The minimum atomic E-state index is -0.643. The molecule has 2 rings (SSSR count). The predicted octanol–water partition coefficient (Wildman–Crippen LogP) is 5.62. The smallest absolute Gasteiger partial charge is 0.106 e. The highest BCUT2D eigenvalue weighted by Crippen LogP contribution is 2.38. The van der Waals surface area contributed by atoms with Crippen LogP contribution in [0.25, 0.3) is 0 Å². The van der Waals surface area contributed by atoms with Gasteiger partial charge in [-0.1, -0.05) is 18.2 Å². The van der Waals surface area contributed by atoms with Crippen LogP contribution in [0.15, 0.2) is 36.4 Å². The van der Waals surface area contributed by atoms with Crippen LogP contribution in [0.3, 0.4) is 0 Å². The highest BCUT2D eigenvalue weighted by Gasteiger charge is 2.22. The molecule has 0 aliphatic rings. The summed E-state index contributed by atoms with van der Waals surface area (Å²) in [5.74, 6) is 0. The number of hydrogen-bond donors (Lipinski definition) is 1. The molecular formula is C26H41N3O. The molecule has 2 aromatic rings. The lowest BCUT2D eigenvalue weighted by Gasteiger charge is -2.32. The molecule has 30 heavy (non-hydrogen) atoms. The zero-order valence-electron chi connectivity index (χ0n) is 20.1. The average Bonchev–Trinajstić information content (AvgIpc) is 2.78. The second-order valence-electron chi connectivity index (χ2n) is 7.66. The number of aliphatic hydroxyl groups is 1. The van der Waals surface area contributed by atoms with Crippen molar-refractivity contribution < 1.29 is 5.11 Å². The van der Waals surface area contributed by atoms with E-state index in [0.717, 1.165) is 50.4 Å². The van der Waals surface area contributed by atoms with Crippen molar-refractivity contribution >= 4 is 17.1 Å². The molecule has 0 bridgehead atoms. The first-order chi connectivity index (χ1) is 14.5. The fourth-order valence-corrected chi connectivity index (χ4v) is 4.43. The van der Waals surface area contributed by atoms with Crippen LogP contribution in [-0.2, 0) is 0 Å². The first-order valence-corrected chi connectivity index (χ1v) is 11.6. The molecule has 4 nitrogen and oxygen atoms in total. The Morgan fingerprint density at radius 3 is 1.63 bits per heavy atom. The average molecular weight is 412 g/mol. The van der Waals surface area contributed by atoms with Gasteiger partial charge in [-0.3, -0.25) is 0 Å². The molecule has 0 amide bonds. The van der Waals surface area contributed by atoms with E-state index in [1.807, 2.05) is 0 Å². The zero-order valence-corrected chi connectivity index (χ0v) is 20.1. The van der Waals surface area contributed by atoms with Crippen LogP contribution in [0.5, 0.6) is 0 Å². The van der Waals surface area contributed by atoms with Crippen LogP contribution in [0, 0.1) is 6.92 Å². The lowest BCUT2D eigenvalue weighted by molar-refractivity contribution is 0.220. The van der Waals surface area contributed by atoms with E-state index in [0.29, 0.717) is 0 Å². The minimum absolute atomic E-state index is 0.643. The van der Waals surface area contributed by atoms with Gasteiger partial charge in [-0.25, -0.2) is 0 Å². The van der Waals surface area contributed by atoms with Gasteiger partial charge >= 0.3 is 0 Å². The van der Waals surface area contributed by atoms with Crippen molar-refractivity contribution in [3.05, 3.63) is 53.1 Å². The highest BCUT2D eigenvalue weighted by molar-refractivity contribution is 5.72. The minimum Gasteiger partial charge on any atom is -0.384 e. The molecule has 0 aliphatic carbocycles. The molecule has 1 N–H and O–H groups in total. The van der Waals surface area contributed by atoms with Gasteiger partial charge in [0.1, 0.15) is 6.10 Å².